The van der Waals surface area contributed by atoms with Crippen molar-refractivity contribution < 1.29 is 9.53 Å². The second kappa shape index (κ2) is 7.24. The largest absolute Gasteiger partial charge is 0.472 e. The van der Waals surface area contributed by atoms with Gasteiger partial charge in [0.25, 0.3) is 5.91 Å². The molecule has 0 spiro atoms. The summed E-state index contributed by atoms with van der Waals surface area (Å²) in [6.45, 7) is 8.23. The highest BCUT2D eigenvalue weighted by Gasteiger charge is 2.17. The molecule has 0 saturated carbocycles. The normalized spacial score (nSPS) is 17.0. The molecule has 1 aliphatic rings. The average molecular weight is 379 g/mol. The van der Waals surface area contributed by atoms with Crippen LogP contribution in [-0.4, -0.2) is 39.7 Å². The Bertz CT molecular complexity index is 982. The van der Waals surface area contributed by atoms with E-state index >= 15 is 0 Å². The van der Waals surface area contributed by atoms with Crippen LogP contribution in [0.3, 0.4) is 0 Å². The zero-order valence-electron chi connectivity index (χ0n) is 16.4. The monoisotopic (exact) mass is 379 g/mol. The van der Waals surface area contributed by atoms with Crippen molar-refractivity contribution in [1.82, 2.24) is 19.9 Å². The summed E-state index contributed by atoms with van der Waals surface area (Å²) < 4.78 is 7.49. The Labute approximate surface area is 164 Å². The van der Waals surface area contributed by atoms with Gasteiger partial charge in [0.1, 0.15) is 6.10 Å². The molecule has 28 heavy (non-hydrogen) atoms. The summed E-state index contributed by atoms with van der Waals surface area (Å²) in [4.78, 5) is 16.9. The first-order valence-corrected chi connectivity index (χ1v) is 9.54. The molecule has 1 atom stereocenters. The van der Waals surface area contributed by atoms with Crippen molar-refractivity contribution in [2.24, 2.45) is 0 Å². The molecular formula is C21H25N5O2. The van der Waals surface area contributed by atoms with E-state index in [0.717, 1.165) is 19.5 Å². The van der Waals surface area contributed by atoms with E-state index in [-0.39, 0.29) is 17.4 Å². The molecule has 7 heteroatoms. The minimum atomic E-state index is -0.197. The highest BCUT2D eigenvalue weighted by Crippen LogP contribution is 2.22. The maximum absolute atomic E-state index is 12.5. The van der Waals surface area contributed by atoms with Crippen molar-refractivity contribution in [2.75, 3.05) is 18.4 Å². The zero-order valence-corrected chi connectivity index (χ0v) is 16.4. The van der Waals surface area contributed by atoms with Crippen LogP contribution in [0.2, 0.25) is 0 Å². The van der Waals surface area contributed by atoms with E-state index in [1.165, 1.54) is 5.56 Å². The fourth-order valence-electron chi connectivity index (χ4n) is 3.20. The van der Waals surface area contributed by atoms with Crippen LogP contribution in [-0.2, 0) is 5.41 Å². The van der Waals surface area contributed by atoms with Gasteiger partial charge in [-0.3, -0.25) is 4.79 Å². The minimum absolute atomic E-state index is 0.0522. The van der Waals surface area contributed by atoms with Crippen LogP contribution in [0.15, 0.2) is 42.6 Å². The first-order valence-electron chi connectivity index (χ1n) is 9.54. The molecule has 1 aliphatic heterocycles. The SMILES string of the molecule is CC(C)(C)c1ccc(C(=O)Nc2cn3nc(OC4CCNC4)ccc3n2)cc1. The summed E-state index contributed by atoms with van der Waals surface area (Å²) in [5.41, 5.74) is 2.48. The number of amides is 1. The molecular weight excluding hydrogens is 354 g/mol. The molecule has 2 N–H and O–H groups in total. The number of fused-ring (bicyclic) bond motifs is 1. The summed E-state index contributed by atoms with van der Waals surface area (Å²) in [5.74, 6) is 0.809. The van der Waals surface area contributed by atoms with E-state index in [0.29, 0.717) is 22.9 Å². The third-order valence-corrected chi connectivity index (χ3v) is 4.85. The highest BCUT2D eigenvalue weighted by molar-refractivity contribution is 6.03. The van der Waals surface area contributed by atoms with Crippen molar-refractivity contribution in [1.29, 1.82) is 0 Å². The number of ether oxygens (including phenoxy) is 1. The molecule has 1 aromatic carbocycles. The molecule has 1 saturated heterocycles. The summed E-state index contributed by atoms with van der Waals surface area (Å²) >= 11 is 0. The van der Waals surface area contributed by atoms with Crippen LogP contribution in [0.1, 0.15) is 43.1 Å². The fraction of sp³-hybridized carbons (Fsp3) is 0.381. The van der Waals surface area contributed by atoms with Crippen LogP contribution < -0.4 is 15.4 Å². The van der Waals surface area contributed by atoms with E-state index in [9.17, 15) is 4.79 Å². The van der Waals surface area contributed by atoms with E-state index < -0.39 is 0 Å². The average Bonchev–Trinajstić information content (AvgIpc) is 3.30. The highest BCUT2D eigenvalue weighted by atomic mass is 16.5. The van der Waals surface area contributed by atoms with Crippen molar-refractivity contribution in [3.63, 3.8) is 0 Å². The first kappa shape index (κ1) is 18.4. The number of rotatable bonds is 4. The molecule has 3 heterocycles. The summed E-state index contributed by atoms with van der Waals surface area (Å²) in [6.07, 6.45) is 2.80. The second-order valence-corrected chi connectivity index (χ2v) is 8.11. The summed E-state index contributed by atoms with van der Waals surface area (Å²) in [7, 11) is 0. The van der Waals surface area contributed by atoms with Crippen molar-refractivity contribution >= 4 is 17.4 Å². The number of hydrogen-bond donors (Lipinski definition) is 2. The lowest BCUT2D eigenvalue weighted by Gasteiger charge is -2.18. The molecule has 1 fully saturated rings. The predicted octanol–water partition coefficient (Wildman–Crippen LogP) is 3.02. The van der Waals surface area contributed by atoms with Crippen LogP contribution in [0.25, 0.3) is 5.65 Å². The van der Waals surface area contributed by atoms with Crippen LogP contribution >= 0.6 is 0 Å². The Kier molecular flexibility index (Phi) is 4.77. The molecule has 3 aromatic rings. The number of nitrogens with zero attached hydrogens (tertiary/aromatic N) is 3. The maximum Gasteiger partial charge on any atom is 0.256 e. The lowest BCUT2D eigenvalue weighted by molar-refractivity contribution is 0.102. The van der Waals surface area contributed by atoms with Gasteiger partial charge >= 0.3 is 0 Å². The molecule has 146 valence electrons. The van der Waals surface area contributed by atoms with Gasteiger partial charge in [0, 0.05) is 18.2 Å². The summed E-state index contributed by atoms with van der Waals surface area (Å²) in [6, 6.07) is 11.3. The molecule has 2 aromatic heterocycles. The van der Waals surface area contributed by atoms with E-state index in [1.54, 1.807) is 16.8 Å². The topological polar surface area (TPSA) is 80.6 Å². The first-order chi connectivity index (χ1) is 13.4. The van der Waals surface area contributed by atoms with Crippen LogP contribution in [0.5, 0.6) is 5.88 Å². The Morgan fingerprint density at radius 2 is 2.00 bits per heavy atom. The lowest BCUT2D eigenvalue weighted by atomic mass is 9.87. The Hall–Kier alpha value is -2.93. The van der Waals surface area contributed by atoms with Gasteiger partial charge in [0.15, 0.2) is 11.5 Å². The van der Waals surface area contributed by atoms with Crippen LogP contribution in [0.4, 0.5) is 5.82 Å². The molecule has 7 nitrogen and oxygen atoms in total. The van der Waals surface area contributed by atoms with Gasteiger partial charge in [0.05, 0.1) is 6.20 Å². The summed E-state index contributed by atoms with van der Waals surface area (Å²) in [5, 5.41) is 10.5. The van der Waals surface area contributed by atoms with Gasteiger partial charge in [-0.2, -0.15) is 0 Å². The number of hydrogen-bond acceptors (Lipinski definition) is 5. The van der Waals surface area contributed by atoms with E-state index in [2.05, 4.69) is 41.5 Å². The molecule has 0 aliphatic carbocycles. The number of carbonyl (C=O) groups excluding carboxylic acids is 1. The van der Waals surface area contributed by atoms with Gasteiger partial charge in [-0.15, -0.1) is 5.10 Å². The van der Waals surface area contributed by atoms with Gasteiger partial charge in [-0.1, -0.05) is 32.9 Å². The number of carbonyl (C=O) groups is 1. The van der Waals surface area contributed by atoms with E-state index in [4.69, 9.17) is 4.74 Å². The van der Waals surface area contributed by atoms with Gasteiger partial charge < -0.3 is 15.4 Å². The number of nitrogens with one attached hydrogen (secondary N) is 2. The molecule has 0 radical (unpaired) electrons. The minimum Gasteiger partial charge on any atom is -0.472 e. The van der Waals surface area contributed by atoms with E-state index in [1.807, 2.05) is 30.3 Å². The smallest absolute Gasteiger partial charge is 0.256 e. The second-order valence-electron chi connectivity index (χ2n) is 8.11. The Morgan fingerprint density at radius 3 is 2.68 bits per heavy atom. The third-order valence-electron chi connectivity index (χ3n) is 4.85. The van der Waals surface area contributed by atoms with Gasteiger partial charge in [0.2, 0.25) is 5.88 Å². The molecule has 0 bridgehead atoms. The molecule has 4 rings (SSSR count). The zero-order chi connectivity index (χ0) is 19.7. The van der Waals surface area contributed by atoms with Crippen LogP contribution in [0, 0.1) is 0 Å². The molecule has 1 amide bonds. The fourth-order valence-corrected chi connectivity index (χ4v) is 3.20. The Balaban J connectivity index is 1.47. The number of anilines is 1. The third kappa shape index (κ3) is 3.99. The maximum atomic E-state index is 12.5. The van der Waals surface area contributed by atoms with Crippen molar-refractivity contribution in [2.45, 2.75) is 38.7 Å². The van der Waals surface area contributed by atoms with Crippen molar-refractivity contribution in [3.8, 4) is 5.88 Å². The van der Waals surface area contributed by atoms with Crippen molar-refractivity contribution in [3.05, 3.63) is 53.7 Å². The lowest BCUT2D eigenvalue weighted by Crippen LogP contribution is -2.20. The predicted molar refractivity (Wildman–Crippen MR) is 108 cm³/mol. The molecule has 1 unspecified atom stereocenters. The number of imidazole rings is 1. The van der Waals surface area contributed by atoms with Gasteiger partial charge in [-0.25, -0.2) is 9.50 Å². The quantitative estimate of drug-likeness (QED) is 0.728. The standard InChI is InChI=1S/C21H25N5O2/c1-21(2,3)15-6-4-14(5-7-15)20(27)24-17-13-26-18(23-17)8-9-19(25-26)28-16-10-11-22-12-16/h4-9,13,16,22H,10-12H2,1-3H3,(H,24,27). The Morgan fingerprint density at radius 1 is 1.21 bits per heavy atom. The van der Waals surface area contributed by atoms with Gasteiger partial charge in [-0.05, 0) is 42.1 Å². The number of aromatic nitrogens is 3. The number of benzene rings is 1.